The second-order valence-corrected chi connectivity index (χ2v) is 6.86. The Balaban J connectivity index is 1.86. The second-order valence-electron chi connectivity index (χ2n) is 6.86. The number of likely N-dealkylation sites (tertiary alicyclic amines) is 1. The zero-order valence-electron chi connectivity index (χ0n) is 14.8. The lowest BCUT2D eigenvalue weighted by Crippen LogP contribution is -2.55. The predicted octanol–water partition coefficient (Wildman–Crippen LogP) is 1.63. The molecule has 2 amide bonds. The molecule has 2 fully saturated rings. The van der Waals surface area contributed by atoms with Gasteiger partial charge in [-0.25, -0.2) is 0 Å². The summed E-state index contributed by atoms with van der Waals surface area (Å²) >= 11 is 0. The molecular weight excluding hydrogens is 336 g/mol. The SMILES string of the molecule is CC[C@@]1(C(=O)OC)N[C@H](c2cc3ccccc3o2)[C@@H]2C(=O)N(C)C(=O)[C@@H]21. The number of hydrogen-bond acceptors (Lipinski definition) is 6. The van der Waals surface area contributed by atoms with E-state index in [-0.39, 0.29) is 11.8 Å². The molecule has 136 valence electrons. The molecule has 2 aromatic rings. The molecule has 0 saturated carbocycles. The third-order valence-corrected chi connectivity index (χ3v) is 5.73. The third-order valence-electron chi connectivity index (χ3n) is 5.73. The van der Waals surface area contributed by atoms with E-state index in [0.29, 0.717) is 17.8 Å². The van der Waals surface area contributed by atoms with Crippen LogP contribution in [0.15, 0.2) is 34.7 Å². The summed E-state index contributed by atoms with van der Waals surface area (Å²) in [6.07, 6.45) is 0.324. The van der Waals surface area contributed by atoms with Gasteiger partial charge in [0.2, 0.25) is 11.8 Å². The normalized spacial score (nSPS) is 30.9. The molecule has 2 aliphatic heterocycles. The lowest BCUT2D eigenvalue weighted by atomic mass is 9.78. The van der Waals surface area contributed by atoms with E-state index >= 15 is 0 Å². The molecule has 7 nitrogen and oxygen atoms in total. The number of benzene rings is 1. The number of ether oxygens (including phenoxy) is 1. The fourth-order valence-corrected chi connectivity index (χ4v) is 4.38. The number of esters is 1. The Kier molecular flexibility index (Phi) is 3.66. The summed E-state index contributed by atoms with van der Waals surface area (Å²) in [5.74, 6) is -2.18. The minimum Gasteiger partial charge on any atom is -0.468 e. The van der Waals surface area contributed by atoms with Gasteiger partial charge in [-0.15, -0.1) is 0 Å². The van der Waals surface area contributed by atoms with E-state index in [1.54, 1.807) is 6.92 Å². The number of carbonyl (C=O) groups is 3. The molecule has 1 aromatic heterocycles. The number of nitrogens with one attached hydrogen (secondary N) is 1. The van der Waals surface area contributed by atoms with Gasteiger partial charge < -0.3 is 9.15 Å². The summed E-state index contributed by atoms with van der Waals surface area (Å²) in [5.41, 5.74) is -0.557. The number of imide groups is 1. The molecule has 7 heteroatoms. The van der Waals surface area contributed by atoms with E-state index in [9.17, 15) is 14.4 Å². The second kappa shape index (κ2) is 5.67. The quantitative estimate of drug-likeness (QED) is 0.664. The molecule has 0 bridgehead atoms. The van der Waals surface area contributed by atoms with Gasteiger partial charge in [0.25, 0.3) is 0 Å². The summed E-state index contributed by atoms with van der Waals surface area (Å²) in [5, 5.41) is 4.13. The number of amides is 2. The third kappa shape index (κ3) is 2.00. The predicted molar refractivity (Wildman–Crippen MR) is 91.9 cm³/mol. The van der Waals surface area contributed by atoms with Crippen LogP contribution in [0.5, 0.6) is 0 Å². The number of carbonyl (C=O) groups excluding carboxylic acids is 3. The first kappa shape index (κ1) is 16.8. The van der Waals surface area contributed by atoms with Crippen LogP contribution in [0.4, 0.5) is 0 Å². The first-order valence-electron chi connectivity index (χ1n) is 8.60. The zero-order chi connectivity index (χ0) is 18.6. The summed E-state index contributed by atoms with van der Waals surface area (Å²) in [4.78, 5) is 39.3. The number of para-hydroxylation sites is 1. The van der Waals surface area contributed by atoms with Crippen LogP contribution in [0.1, 0.15) is 25.1 Å². The van der Waals surface area contributed by atoms with Crippen LogP contribution in [-0.4, -0.2) is 42.4 Å². The van der Waals surface area contributed by atoms with Crippen LogP contribution in [0.2, 0.25) is 0 Å². The van der Waals surface area contributed by atoms with Crippen LogP contribution >= 0.6 is 0 Å². The zero-order valence-corrected chi connectivity index (χ0v) is 14.8. The largest absolute Gasteiger partial charge is 0.468 e. The van der Waals surface area contributed by atoms with Gasteiger partial charge in [-0.1, -0.05) is 25.1 Å². The number of methoxy groups -OCH3 is 1. The highest BCUT2D eigenvalue weighted by atomic mass is 16.5. The molecule has 4 atom stereocenters. The van der Waals surface area contributed by atoms with E-state index in [0.717, 1.165) is 10.3 Å². The number of nitrogens with zero attached hydrogens (tertiary/aromatic N) is 1. The van der Waals surface area contributed by atoms with Crippen LogP contribution in [0, 0.1) is 11.8 Å². The van der Waals surface area contributed by atoms with Crippen LogP contribution < -0.4 is 5.32 Å². The van der Waals surface area contributed by atoms with Gasteiger partial charge in [0.05, 0.1) is 25.0 Å². The van der Waals surface area contributed by atoms with Crippen molar-refractivity contribution < 1.29 is 23.5 Å². The summed E-state index contributed by atoms with van der Waals surface area (Å²) < 4.78 is 10.9. The van der Waals surface area contributed by atoms with E-state index in [1.165, 1.54) is 14.2 Å². The summed E-state index contributed by atoms with van der Waals surface area (Å²) in [6.45, 7) is 1.80. The molecule has 0 unspecified atom stereocenters. The van der Waals surface area contributed by atoms with E-state index in [2.05, 4.69) is 5.32 Å². The lowest BCUT2D eigenvalue weighted by Gasteiger charge is -2.30. The monoisotopic (exact) mass is 356 g/mol. The average molecular weight is 356 g/mol. The van der Waals surface area contributed by atoms with Crippen molar-refractivity contribution in [1.82, 2.24) is 10.2 Å². The van der Waals surface area contributed by atoms with Crippen LogP contribution in [-0.2, 0) is 19.1 Å². The molecule has 1 N–H and O–H groups in total. The number of rotatable bonds is 3. The Labute approximate surface area is 150 Å². The maximum Gasteiger partial charge on any atom is 0.326 e. The molecule has 4 rings (SSSR count). The van der Waals surface area contributed by atoms with Gasteiger partial charge in [-0.3, -0.25) is 24.6 Å². The number of hydrogen-bond donors (Lipinski definition) is 1. The Hall–Kier alpha value is -2.67. The summed E-state index contributed by atoms with van der Waals surface area (Å²) in [6, 6.07) is 8.79. The Bertz CT molecular complexity index is 887. The van der Waals surface area contributed by atoms with E-state index < -0.39 is 29.4 Å². The van der Waals surface area contributed by atoms with Gasteiger partial charge in [-0.05, 0) is 18.6 Å². The Morgan fingerprint density at radius 2 is 2.04 bits per heavy atom. The Morgan fingerprint density at radius 1 is 1.31 bits per heavy atom. The smallest absolute Gasteiger partial charge is 0.326 e. The van der Waals surface area contributed by atoms with Gasteiger partial charge in [0.1, 0.15) is 16.9 Å². The first-order valence-corrected chi connectivity index (χ1v) is 8.60. The van der Waals surface area contributed by atoms with Crippen molar-refractivity contribution in [2.75, 3.05) is 14.2 Å². The molecule has 0 radical (unpaired) electrons. The van der Waals surface area contributed by atoms with Crippen molar-refractivity contribution in [1.29, 1.82) is 0 Å². The highest BCUT2D eigenvalue weighted by Gasteiger charge is 2.68. The minimum absolute atomic E-state index is 0.308. The molecule has 1 aromatic carbocycles. The average Bonchev–Trinajstić information content (AvgIpc) is 3.30. The van der Waals surface area contributed by atoms with Crippen molar-refractivity contribution in [3.63, 3.8) is 0 Å². The molecule has 26 heavy (non-hydrogen) atoms. The molecule has 0 spiro atoms. The van der Waals surface area contributed by atoms with Crippen LogP contribution in [0.3, 0.4) is 0 Å². The maximum atomic E-state index is 12.8. The Morgan fingerprint density at radius 3 is 2.69 bits per heavy atom. The van der Waals surface area contributed by atoms with Crippen molar-refractivity contribution in [3.8, 4) is 0 Å². The van der Waals surface area contributed by atoms with Crippen LogP contribution in [0.25, 0.3) is 11.0 Å². The molecule has 2 saturated heterocycles. The first-order chi connectivity index (χ1) is 12.4. The van der Waals surface area contributed by atoms with Crippen molar-refractivity contribution in [2.45, 2.75) is 24.9 Å². The number of fused-ring (bicyclic) bond motifs is 2. The fraction of sp³-hybridized carbons (Fsp3) is 0.421. The fourth-order valence-electron chi connectivity index (χ4n) is 4.38. The van der Waals surface area contributed by atoms with Crippen molar-refractivity contribution in [3.05, 3.63) is 36.1 Å². The minimum atomic E-state index is -1.25. The van der Waals surface area contributed by atoms with E-state index in [4.69, 9.17) is 9.15 Å². The maximum absolute atomic E-state index is 12.8. The lowest BCUT2D eigenvalue weighted by molar-refractivity contribution is -0.154. The summed E-state index contributed by atoms with van der Waals surface area (Å²) in [7, 11) is 2.74. The molecule has 3 heterocycles. The van der Waals surface area contributed by atoms with Crippen molar-refractivity contribution >= 4 is 28.8 Å². The highest BCUT2D eigenvalue weighted by Crippen LogP contribution is 2.50. The van der Waals surface area contributed by atoms with Crippen molar-refractivity contribution in [2.24, 2.45) is 11.8 Å². The van der Waals surface area contributed by atoms with Gasteiger partial charge in [0.15, 0.2) is 0 Å². The highest BCUT2D eigenvalue weighted by molar-refractivity contribution is 6.09. The van der Waals surface area contributed by atoms with Gasteiger partial charge in [0, 0.05) is 12.4 Å². The molecule has 0 aliphatic carbocycles. The van der Waals surface area contributed by atoms with Gasteiger partial charge >= 0.3 is 5.97 Å². The van der Waals surface area contributed by atoms with E-state index in [1.807, 2.05) is 30.3 Å². The number of furan rings is 1. The van der Waals surface area contributed by atoms with Gasteiger partial charge in [-0.2, -0.15) is 0 Å². The topological polar surface area (TPSA) is 88.8 Å². The molecular formula is C19H20N2O5. The standard InChI is InChI=1S/C19H20N2O5/c1-4-19(18(24)25-3)14-13(16(22)21(2)17(14)23)15(20-19)12-9-10-7-5-6-8-11(10)26-12/h5-9,13-15,20H,4H2,1-3H3/t13-,14-,15-,19-/m1/s1. The molecule has 2 aliphatic rings.